The summed E-state index contributed by atoms with van der Waals surface area (Å²) in [5, 5.41) is 25.6. The van der Waals surface area contributed by atoms with Crippen LogP contribution in [0.15, 0.2) is 47.1 Å². The van der Waals surface area contributed by atoms with Gasteiger partial charge >= 0.3 is 12.1 Å². The van der Waals surface area contributed by atoms with Crippen LogP contribution in [0.25, 0.3) is 5.82 Å². The number of aryl methyl sites for hydroxylation is 1. The Kier molecular flexibility index (Phi) is 6.86. The van der Waals surface area contributed by atoms with E-state index in [1.54, 1.807) is 0 Å². The molecule has 0 fully saturated rings. The van der Waals surface area contributed by atoms with Gasteiger partial charge in [-0.05, 0) is 31.2 Å². The minimum Gasteiger partial charge on any atom is -0.481 e. The fourth-order valence-corrected chi connectivity index (χ4v) is 3.91. The molecule has 3 aromatic rings. The molecule has 1 unspecified atom stereocenters. The number of nitrogens with one attached hydrogen (secondary N) is 1. The van der Waals surface area contributed by atoms with Crippen molar-refractivity contribution in [2.75, 3.05) is 19.0 Å². The minimum atomic E-state index is -4.70. The topological polar surface area (TPSA) is 138 Å². The first-order chi connectivity index (χ1) is 17.5. The van der Waals surface area contributed by atoms with Crippen LogP contribution in [0.1, 0.15) is 28.4 Å². The summed E-state index contributed by atoms with van der Waals surface area (Å²) < 4.78 is 46.2. The SMILES string of the molecule is COC1=NCC(c2cnc(Nc3cc(Cl)cc(C#N)c3)nc2-n2nc(C(F)(F)F)cc2C)C=C1C(=O)O. The van der Waals surface area contributed by atoms with Crippen molar-refractivity contribution < 1.29 is 27.8 Å². The molecule has 3 heterocycles. The van der Waals surface area contributed by atoms with E-state index >= 15 is 0 Å². The smallest absolute Gasteiger partial charge is 0.435 e. The van der Waals surface area contributed by atoms with Gasteiger partial charge < -0.3 is 15.2 Å². The Morgan fingerprint density at radius 1 is 1.32 bits per heavy atom. The van der Waals surface area contributed by atoms with Gasteiger partial charge in [0.15, 0.2) is 11.5 Å². The summed E-state index contributed by atoms with van der Waals surface area (Å²) in [5.41, 5.74) is -0.273. The molecule has 10 nitrogen and oxygen atoms in total. The van der Waals surface area contributed by atoms with Crippen LogP contribution >= 0.6 is 11.6 Å². The molecule has 14 heteroatoms. The molecule has 0 saturated heterocycles. The highest BCUT2D eigenvalue weighted by Gasteiger charge is 2.35. The second-order valence-corrected chi connectivity index (χ2v) is 8.30. The number of halogens is 4. The average molecular weight is 532 g/mol. The number of aliphatic carboxylic acids is 1. The van der Waals surface area contributed by atoms with E-state index in [0.717, 1.165) is 10.7 Å². The molecule has 0 bridgehead atoms. The van der Waals surface area contributed by atoms with Gasteiger partial charge in [-0.15, -0.1) is 0 Å². The first kappa shape index (κ1) is 25.6. The van der Waals surface area contributed by atoms with E-state index in [4.69, 9.17) is 16.3 Å². The summed E-state index contributed by atoms with van der Waals surface area (Å²) in [6.07, 6.45) is -1.97. The van der Waals surface area contributed by atoms with Crippen LogP contribution in [0.3, 0.4) is 0 Å². The van der Waals surface area contributed by atoms with Gasteiger partial charge in [-0.1, -0.05) is 17.7 Å². The van der Waals surface area contributed by atoms with Gasteiger partial charge in [0.2, 0.25) is 11.8 Å². The van der Waals surface area contributed by atoms with Crippen LogP contribution in [0.4, 0.5) is 24.8 Å². The van der Waals surface area contributed by atoms with Gasteiger partial charge in [0.1, 0.15) is 5.57 Å². The van der Waals surface area contributed by atoms with E-state index < -0.39 is 23.8 Å². The summed E-state index contributed by atoms with van der Waals surface area (Å²) >= 11 is 6.05. The molecule has 0 amide bonds. The molecular formula is C23H17ClF3N7O3. The fourth-order valence-electron chi connectivity index (χ4n) is 3.67. The number of aliphatic imine (C=N–C) groups is 1. The maximum atomic E-state index is 13.4. The highest BCUT2D eigenvalue weighted by atomic mass is 35.5. The van der Waals surface area contributed by atoms with Crippen molar-refractivity contribution in [3.05, 3.63) is 69.6 Å². The highest BCUT2D eigenvalue weighted by Crippen LogP contribution is 2.33. The second kappa shape index (κ2) is 9.90. The Morgan fingerprint density at radius 3 is 2.70 bits per heavy atom. The summed E-state index contributed by atoms with van der Waals surface area (Å²) in [4.78, 5) is 24.5. The van der Waals surface area contributed by atoms with Crippen molar-refractivity contribution in [3.63, 3.8) is 0 Å². The number of ether oxygens (including phenoxy) is 1. The molecule has 0 aliphatic carbocycles. The van der Waals surface area contributed by atoms with Crippen molar-refractivity contribution in [2.24, 2.45) is 4.99 Å². The van der Waals surface area contributed by atoms with Gasteiger partial charge in [0, 0.05) is 34.1 Å². The van der Waals surface area contributed by atoms with Crippen LogP contribution in [-0.4, -0.2) is 50.4 Å². The van der Waals surface area contributed by atoms with E-state index in [1.165, 1.54) is 44.5 Å². The van der Waals surface area contributed by atoms with Crippen LogP contribution in [0, 0.1) is 18.3 Å². The molecule has 1 aromatic carbocycles. The quantitative estimate of drug-likeness (QED) is 0.493. The fraction of sp³-hybridized carbons (Fsp3) is 0.217. The minimum absolute atomic E-state index is 0.0184. The van der Waals surface area contributed by atoms with Crippen LogP contribution in [0.5, 0.6) is 0 Å². The monoisotopic (exact) mass is 531 g/mol. The molecule has 1 aliphatic rings. The number of aromatic nitrogens is 4. The molecule has 1 atom stereocenters. The Labute approximate surface area is 212 Å². The molecule has 0 saturated carbocycles. The summed E-state index contributed by atoms with van der Waals surface area (Å²) in [6.45, 7) is 1.47. The Hall–Kier alpha value is -4.44. The van der Waals surface area contributed by atoms with Crippen molar-refractivity contribution in [1.29, 1.82) is 5.26 Å². The lowest BCUT2D eigenvalue weighted by atomic mass is 9.95. The molecule has 0 radical (unpaired) electrons. The molecule has 0 spiro atoms. The van der Waals surface area contributed by atoms with E-state index in [1.807, 2.05) is 6.07 Å². The largest absolute Gasteiger partial charge is 0.481 e. The highest BCUT2D eigenvalue weighted by molar-refractivity contribution is 6.31. The number of carbonyl (C=O) groups is 1. The van der Waals surface area contributed by atoms with Gasteiger partial charge in [-0.3, -0.25) is 4.99 Å². The zero-order valence-electron chi connectivity index (χ0n) is 19.2. The number of nitrogens with zero attached hydrogens (tertiary/aromatic N) is 6. The van der Waals surface area contributed by atoms with E-state index in [2.05, 4.69) is 25.4 Å². The van der Waals surface area contributed by atoms with Crippen LogP contribution in [0.2, 0.25) is 5.02 Å². The van der Waals surface area contributed by atoms with Crippen molar-refractivity contribution >= 4 is 35.1 Å². The number of rotatable bonds is 5. The summed E-state index contributed by atoms with van der Waals surface area (Å²) in [5.74, 6) is -2.10. The van der Waals surface area contributed by atoms with Gasteiger partial charge in [-0.2, -0.15) is 28.5 Å². The predicted octanol–water partition coefficient (Wildman–Crippen LogP) is 4.41. The number of anilines is 2. The van der Waals surface area contributed by atoms with E-state index in [9.17, 15) is 28.3 Å². The predicted molar refractivity (Wildman–Crippen MR) is 126 cm³/mol. The van der Waals surface area contributed by atoms with Gasteiger partial charge in [0.05, 0.1) is 25.3 Å². The number of dihydropyridines is 1. The van der Waals surface area contributed by atoms with Gasteiger partial charge in [0.25, 0.3) is 0 Å². The number of benzene rings is 1. The van der Waals surface area contributed by atoms with E-state index in [-0.39, 0.29) is 51.6 Å². The van der Waals surface area contributed by atoms with Gasteiger partial charge in [-0.25, -0.2) is 14.5 Å². The van der Waals surface area contributed by atoms with Crippen molar-refractivity contribution in [2.45, 2.75) is 19.0 Å². The summed E-state index contributed by atoms with van der Waals surface area (Å²) in [6, 6.07) is 7.31. The lowest BCUT2D eigenvalue weighted by Crippen LogP contribution is -2.22. The van der Waals surface area contributed by atoms with Crippen LogP contribution in [-0.2, 0) is 15.7 Å². The lowest BCUT2D eigenvalue weighted by molar-refractivity contribution is -0.141. The molecule has 2 N–H and O–H groups in total. The zero-order chi connectivity index (χ0) is 26.9. The number of alkyl halides is 3. The maximum absolute atomic E-state index is 13.4. The molecule has 37 heavy (non-hydrogen) atoms. The third-order valence-corrected chi connectivity index (χ3v) is 5.53. The normalized spacial score (nSPS) is 15.4. The maximum Gasteiger partial charge on any atom is 0.435 e. The Balaban J connectivity index is 1.84. The Bertz CT molecular complexity index is 1490. The number of carboxylic acids is 1. The zero-order valence-corrected chi connectivity index (χ0v) is 20.0. The van der Waals surface area contributed by atoms with E-state index in [0.29, 0.717) is 5.69 Å². The molecule has 4 rings (SSSR count). The lowest BCUT2D eigenvalue weighted by Gasteiger charge is -2.21. The van der Waals surface area contributed by atoms with Crippen LogP contribution < -0.4 is 5.32 Å². The first-order valence-electron chi connectivity index (χ1n) is 10.5. The number of hydrogen-bond acceptors (Lipinski definition) is 8. The number of methoxy groups -OCH3 is 1. The molecular weight excluding hydrogens is 515 g/mol. The molecule has 2 aromatic heterocycles. The number of nitriles is 1. The second-order valence-electron chi connectivity index (χ2n) is 7.86. The molecule has 1 aliphatic heterocycles. The molecule has 190 valence electrons. The number of hydrogen-bond donors (Lipinski definition) is 2. The average Bonchev–Trinajstić information content (AvgIpc) is 3.25. The Morgan fingerprint density at radius 2 is 2.08 bits per heavy atom. The third-order valence-electron chi connectivity index (χ3n) is 5.31. The standard InChI is InChI=1S/C23H17ClF3N7O3/c1-11-3-18(23(25,26)27)33-34(11)19-17(13-6-16(21(35)36)20(37-2)29-9-13)10-30-22(32-19)31-15-5-12(8-28)4-14(24)7-15/h3-7,10,13H,9H2,1-2H3,(H,35,36)(H,30,31,32). The third kappa shape index (κ3) is 5.39. The van der Waals surface area contributed by atoms with Crippen molar-refractivity contribution in [3.8, 4) is 11.9 Å². The first-order valence-corrected chi connectivity index (χ1v) is 10.9. The van der Waals surface area contributed by atoms with Crippen molar-refractivity contribution in [1.82, 2.24) is 19.7 Å². The number of carboxylic acid groups (broad SMARTS) is 1. The summed E-state index contributed by atoms with van der Waals surface area (Å²) in [7, 11) is 1.28.